The second kappa shape index (κ2) is 7.78. The van der Waals surface area contributed by atoms with E-state index in [4.69, 9.17) is 9.26 Å². The number of urea groups is 1. The van der Waals surface area contributed by atoms with Gasteiger partial charge in [-0.2, -0.15) is 0 Å². The second-order valence-corrected chi connectivity index (χ2v) is 7.09. The van der Waals surface area contributed by atoms with Gasteiger partial charge in [-0.1, -0.05) is 23.9 Å². The first-order valence-corrected chi connectivity index (χ1v) is 8.94. The first-order valence-electron chi connectivity index (χ1n) is 8.94. The summed E-state index contributed by atoms with van der Waals surface area (Å²) in [5.41, 5.74) is 0.178. The molecule has 152 valence electrons. The number of aryl methyl sites for hydroxylation is 1. The van der Waals surface area contributed by atoms with Crippen molar-refractivity contribution in [2.75, 3.05) is 18.5 Å². The van der Waals surface area contributed by atoms with Crippen molar-refractivity contribution in [2.45, 2.75) is 26.3 Å². The Morgan fingerprint density at radius 3 is 2.62 bits per heavy atom. The van der Waals surface area contributed by atoms with E-state index >= 15 is 0 Å². The number of amides is 4. The van der Waals surface area contributed by atoms with Gasteiger partial charge in [0, 0.05) is 6.07 Å². The monoisotopic (exact) mass is 398 g/mol. The molecule has 2 aromatic rings. The molecule has 1 unspecified atom stereocenters. The number of nitrogens with one attached hydrogen (secondary N) is 2. The van der Waals surface area contributed by atoms with Crippen LogP contribution in [0.25, 0.3) is 0 Å². The highest BCUT2D eigenvalue weighted by atomic mass is 16.5. The van der Waals surface area contributed by atoms with Gasteiger partial charge in [-0.3, -0.25) is 14.5 Å². The molecule has 29 heavy (non-hydrogen) atoms. The Kier molecular flexibility index (Phi) is 5.40. The minimum atomic E-state index is -1.28. The summed E-state index contributed by atoms with van der Waals surface area (Å²) in [4.78, 5) is 38.3. The number of imide groups is 1. The highest BCUT2D eigenvalue weighted by molar-refractivity contribution is 6.10. The second-order valence-electron chi connectivity index (χ2n) is 7.09. The molecule has 2 N–H and O–H groups in total. The number of nitrogens with zero attached hydrogens (tertiary/aromatic N) is 2. The van der Waals surface area contributed by atoms with Gasteiger partial charge in [0.05, 0.1) is 0 Å². The van der Waals surface area contributed by atoms with Crippen molar-refractivity contribution < 1.29 is 23.6 Å². The van der Waals surface area contributed by atoms with Crippen molar-refractivity contribution in [3.63, 3.8) is 0 Å². The Bertz CT molecular complexity index is 966. The van der Waals surface area contributed by atoms with E-state index in [0.717, 1.165) is 10.5 Å². The minimum Gasteiger partial charge on any atom is -0.489 e. The van der Waals surface area contributed by atoms with Gasteiger partial charge in [0.1, 0.15) is 30.2 Å². The molecule has 1 aliphatic heterocycles. The van der Waals surface area contributed by atoms with Crippen LogP contribution in [0.2, 0.25) is 0 Å². The number of anilines is 1. The molecule has 0 radical (unpaired) electrons. The third kappa shape index (κ3) is 4.29. The summed E-state index contributed by atoms with van der Waals surface area (Å²) in [6.45, 7) is 8.86. The molecular weight excluding hydrogens is 376 g/mol. The highest BCUT2D eigenvalue weighted by Gasteiger charge is 2.49. The van der Waals surface area contributed by atoms with Crippen LogP contribution in [-0.2, 0) is 15.1 Å². The summed E-state index contributed by atoms with van der Waals surface area (Å²) < 4.78 is 10.4. The van der Waals surface area contributed by atoms with Gasteiger partial charge in [0.2, 0.25) is 5.91 Å². The third-order valence-corrected chi connectivity index (χ3v) is 4.39. The average Bonchev–Trinajstić information content (AvgIpc) is 3.16. The Balaban J connectivity index is 1.69. The molecule has 0 saturated carbocycles. The average molecular weight is 398 g/mol. The summed E-state index contributed by atoms with van der Waals surface area (Å²) in [5, 5.41) is 8.80. The highest BCUT2D eigenvalue weighted by Crippen LogP contribution is 2.30. The molecule has 1 aliphatic rings. The van der Waals surface area contributed by atoms with E-state index in [1.165, 1.54) is 6.07 Å². The number of benzene rings is 1. The smallest absolute Gasteiger partial charge is 0.325 e. The molecule has 0 spiro atoms. The van der Waals surface area contributed by atoms with Gasteiger partial charge in [-0.05, 0) is 44.0 Å². The van der Waals surface area contributed by atoms with E-state index in [-0.39, 0.29) is 5.82 Å². The van der Waals surface area contributed by atoms with E-state index in [2.05, 4.69) is 22.4 Å². The van der Waals surface area contributed by atoms with Gasteiger partial charge in [0.15, 0.2) is 5.82 Å². The van der Waals surface area contributed by atoms with Crippen molar-refractivity contribution in [1.82, 2.24) is 15.4 Å². The fraction of sp³-hybridized carbons (Fsp3) is 0.300. The fourth-order valence-electron chi connectivity index (χ4n) is 2.88. The van der Waals surface area contributed by atoms with Crippen LogP contribution in [0.15, 0.2) is 47.0 Å². The normalized spacial score (nSPS) is 18.5. The van der Waals surface area contributed by atoms with E-state index in [1.54, 1.807) is 38.1 Å². The molecular formula is C20H22N4O5. The van der Waals surface area contributed by atoms with Crippen molar-refractivity contribution >= 4 is 23.7 Å². The van der Waals surface area contributed by atoms with E-state index in [9.17, 15) is 14.4 Å². The molecule has 0 aliphatic carbocycles. The molecule has 4 amide bonds. The molecule has 1 aromatic heterocycles. The number of carbonyl (C=O) groups excluding carboxylic acids is 3. The number of hydrogen-bond donors (Lipinski definition) is 2. The Morgan fingerprint density at radius 2 is 2.03 bits per heavy atom. The largest absolute Gasteiger partial charge is 0.489 e. The van der Waals surface area contributed by atoms with Gasteiger partial charge in [-0.15, -0.1) is 0 Å². The maximum Gasteiger partial charge on any atom is 0.325 e. The standard InChI is InChI=1S/C20H22N4O5/c1-12(2)11-28-15-7-5-14(6-8-15)20(4)18(26)24(19(27)22-20)10-17(25)21-16-9-13(3)29-23-16/h5-9H,1,10-11H2,2-4H3,(H,22,27)(H,21,23,25). The van der Waals surface area contributed by atoms with Crippen molar-refractivity contribution in [1.29, 1.82) is 0 Å². The number of carbonyl (C=O) groups is 3. The summed E-state index contributed by atoms with van der Waals surface area (Å²) in [6.07, 6.45) is 0. The Labute approximate surface area is 167 Å². The van der Waals surface area contributed by atoms with Gasteiger partial charge in [0.25, 0.3) is 5.91 Å². The van der Waals surface area contributed by atoms with Crippen LogP contribution >= 0.6 is 0 Å². The number of aromatic nitrogens is 1. The molecule has 1 saturated heterocycles. The number of rotatable bonds is 7. The van der Waals surface area contributed by atoms with Crippen LogP contribution in [0.5, 0.6) is 5.75 Å². The van der Waals surface area contributed by atoms with Crippen LogP contribution in [0.3, 0.4) is 0 Å². The topological polar surface area (TPSA) is 114 Å². The number of hydrogen-bond acceptors (Lipinski definition) is 6. The van der Waals surface area contributed by atoms with Crippen LogP contribution < -0.4 is 15.4 Å². The third-order valence-electron chi connectivity index (χ3n) is 4.39. The van der Waals surface area contributed by atoms with E-state index in [1.807, 2.05) is 6.92 Å². The van der Waals surface area contributed by atoms with Crippen molar-refractivity contribution in [3.05, 3.63) is 53.8 Å². The zero-order valence-electron chi connectivity index (χ0n) is 16.4. The molecule has 9 nitrogen and oxygen atoms in total. The minimum absolute atomic E-state index is 0.215. The first kappa shape index (κ1) is 20.1. The predicted molar refractivity (Wildman–Crippen MR) is 104 cm³/mol. The van der Waals surface area contributed by atoms with Crippen LogP contribution in [-0.4, -0.2) is 41.1 Å². The quantitative estimate of drug-likeness (QED) is 0.547. The number of ether oxygens (including phenoxy) is 1. The maximum absolute atomic E-state index is 12.9. The lowest BCUT2D eigenvalue weighted by Gasteiger charge is -2.22. The molecule has 9 heteroatoms. The predicted octanol–water partition coefficient (Wildman–Crippen LogP) is 2.34. The van der Waals surface area contributed by atoms with Crippen molar-refractivity contribution in [2.24, 2.45) is 0 Å². The lowest BCUT2D eigenvalue weighted by Crippen LogP contribution is -2.42. The molecule has 1 atom stereocenters. The molecule has 1 aromatic carbocycles. The lowest BCUT2D eigenvalue weighted by molar-refractivity contribution is -0.133. The Morgan fingerprint density at radius 1 is 1.34 bits per heavy atom. The summed E-state index contributed by atoms with van der Waals surface area (Å²) in [5.74, 6) is 0.279. The van der Waals surface area contributed by atoms with Crippen LogP contribution in [0.4, 0.5) is 10.6 Å². The molecule has 1 fully saturated rings. The fourth-order valence-corrected chi connectivity index (χ4v) is 2.88. The first-order chi connectivity index (χ1) is 13.7. The zero-order valence-corrected chi connectivity index (χ0v) is 16.4. The van der Waals surface area contributed by atoms with E-state index < -0.39 is 29.9 Å². The lowest BCUT2D eigenvalue weighted by atomic mass is 9.92. The molecule has 3 rings (SSSR count). The zero-order chi connectivity index (χ0) is 21.2. The summed E-state index contributed by atoms with van der Waals surface area (Å²) in [7, 11) is 0. The van der Waals surface area contributed by atoms with E-state index in [0.29, 0.717) is 23.7 Å². The van der Waals surface area contributed by atoms with Gasteiger partial charge in [-0.25, -0.2) is 4.79 Å². The maximum atomic E-state index is 12.9. The van der Waals surface area contributed by atoms with Gasteiger partial charge >= 0.3 is 6.03 Å². The van der Waals surface area contributed by atoms with Crippen LogP contribution in [0, 0.1) is 6.92 Å². The van der Waals surface area contributed by atoms with Crippen LogP contribution in [0.1, 0.15) is 25.2 Å². The molecule has 2 heterocycles. The molecule has 0 bridgehead atoms. The summed E-state index contributed by atoms with van der Waals surface area (Å²) in [6, 6.07) is 7.72. The summed E-state index contributed by atoms with van der Waals surface area (Å²) >= 11 is 0. The Hall–Kier alpha value is -3.62. The SMILES string of the molecule is C=C(C)COc1ccc(C2(C)NC(=O)N(CC(=O)Nc3cc(C)on3)C2=O)cc1. The van der Waals surface area contributed by atoms with Crippen molar-refractivity contribution in [3.8, 4) is 5.75 Å². The van der Waals surface area contributed by atoms with Gasteiger partial charge < -0.3 is 19.9 Å².